The molecular formula is C21H24N4O. The monoisotopic (exact) mass is 348 g/mol. The van der Waals surface area contributed by atoms with Crippen molar-refractivity contribution < 1.29 is 4.74 Å². The van der Waals surface area contributed by atoms with Gasteiger partial charge in [0.05, 0.1) is 19.3 Å². The maximum Gasteiger partial charge on any atom is 0.128 e. The third-order valence-corrected chi connectivity index (χ3v) is 5.54. The van der Waals surface area contributed by atoms with E-state index in [1.54, 1.807) is 0 Å². The van der Waals surface area contributed by atoms with Gasteiger partial charge < -0.3 is 19.9 Å². The number of hydrogen-bond acceptors (Lipinski definition) is 4. The smallest absolute Gasteiger partial charge is 0.128 e. The number of nitrogens with zero attached hydrogens (tertiary/aromatic N) is 2. The van der Waals surface area contributed by atoms with Gasteiger partial charge in [0.15, 0.2) is 0 Å². The van der Waals surface area contributed by atoms with Gasteiger partial charge in [-0.1, -0.05) is 24.3 Å². The van der Waals surface area contributed by atoms with Gasteiger partial charge in [0.25, 0.3) is 0 Å². The number of para-hydroxylation sites is 1. The van der Waals surface area contributed by atoms with Crippen LogP contribution in [0.25, 0.3) is 10.9 Å². The average Bonchev–Trinajstić information content (AvgIpc) is 3.07. The number of ether oxygens (including phenoxy) is 1. The Kier molecular flexibility index (Phi) is 3.91. The average molecular weight is 348 g/mol. The van der Waals surface area contributed by atoms with Crippen LogP contribution < -0.4 is 10.2 Å². The molecule has 0 spiro atoms. The van der Waals surface area contributed by atoms with E-state index < -0.39 is 0 Å². The maximum atomic E-state index is 5.44. The number of H-pyrrole nitrogens is 1. The van der Waals surface area contributed by atoms with Gasteiger partial charge in [-0.3, -0.25) is 0 Å². The molecule has 5 nitrogen and oxygen atoms in total. The number of rotatable bonds is 2. The molecule has 0 aliphatic carbocycles. The molecule has 5 rings (SSSR count). The fourth-order valence-electron chi connectivity index (χ4n) is 4.23. The largest absolute Gasteiger partial charge is 0.378 e. The molecule has 2 atom stereocenters. The number of nitrogens with one attached hydrogen (secondary N) is 2. The Morgan fingerprint density at radius 1 is 1.12 bits per heavy atom. The second kappa shape index (κ2) is 6.41. The number of fused-ring (bicyclic) bond motifs is 3. The van der Waals surface area contributed by atoms with Gasteiger partial charge in [0.2, 0.25) is 0 Å². The lowest BCUT2D eigenvalue weighted by atomic mass is 9.91. The van der Waals surface area contributed by atoms with E-state index in [9.17, 15) is 0 Å². The molecule has 26 heavy (non-hydrogen) atoms. The molecule has 5 heteroatoms. The minimum atomic E-state index is 0.160. The van der Waals surface area contributed by atoms with Crippen LogP contribution in [0.15, 0.2) is 42.6 Å². The fraction of sp³-hybridized carbons (Fsp3) is 0.381. The van der Waals surface area contributed by atoms with Crippen molar-refractivity contribution in [3.05, 3.63) is 59.4 Å². The summed E-state index contributed by atoms with van der Waals surface area (Å²) in [5.41, 5.74) is 5.15. The summed E-state index contributed by atoms with van der Waals surface area (Å²) in [5, 5.41) is 5.09. The van der Waals surface area contributed by atoms with E-state index in [1.807, 2.05) is 6.20 Å². The molecule has 1 saturated heterocycles. The highest BCUT2D eigenvalue weighted by Gasteiger charge is 2.28. The molecule has 0 amide bonds. The Morgan fingerprint density at radius 2 is 1.96 bits per heavy atom. The summed E-state index contributed by atoms with van der Waals surface area (Å²) < 4.78 is 5.44. The topological polar surface area (TPSA) is 53.2 Å². The molecule has 0 bridgehead atoms. The van der Waals surface area contributed by atoms with Crippen LogP contribution in [0.5, 0.6) is 0 Å². The van der Waals surface area contributed by atoms with E-state index in [4.69, 9.17) is 9.72 Å². The quantitative estimate of drug-likeness (QED) is 0.747. The van der Waals surface area contributed by atoms with Gasteiger partial charge >= 0.3 is 0 Å². The Balaban J connectivity index is 1.50. The Labute approximate surface area is 153 Å². The Morgan fingerprint density at radius 3 is 2.77 bits per heavy atom. The standard InChI is InChI=1S/C21H24N4O/c1-14-12-17-16-4-2-3-5-18(16)24-21(17)20(23-14)15-6-7-19(22-13-15)25-8-10-26-11-9-25/h2-7,13-14,20,23-24H,8-12H2,1H3/t14-,20-/m0/s1. The van der Waals surface area contributed by atoms with Gasteiger partial charge in [-0.25, -0.2) is 4.98 Å². The number of morpholine rings is 1. The third kappa shape index (κ3) is 2.68. The zero-order valence-corrected chi connectivity index (χ0v) is 15.0. The molecule has 0 saturated carbocycles. The van der Waals surface area contributed by atoms with Gasteiger partial charge in [0.1, 0.15) is 5.82 Å². The predicted octanol–water partition coefficient (Wildman–Crippen LogP) is 3.02. The van der Waals surface area contributed by atoms with Crippen molar-refractivity contribution in [3.63, 3.8) is 0 Å². The summed E-state index contributed by atoms with van der Waals surface area (Å²) in [5.74, 6) is 1.04. The lowest BCUT2D eigenvalue weighted by Crippen LogP contribution is -2.38. The van der Waals surface area contributed by atoms with Crippen LogP contribution in [-0.4, -0.2) is 42.3 Å². The second-order valence-electron chi connectivity index (χ2n) is 7.32. The maximum absolute atomic E-state index is 5.44. The van der Waals surface area contributed by atoms with Crippen molar-refractivity contribution in [2.24, 2.45) is 0 Å². The first-order valence-corrected chi connectivity index (χ1v) is 9.44. The highest BCUT2D eigenvalue weighted by Crippen LogP contribution is 2.35. The van der Waals surface area contributed by atoms with E-state index in [0.717, 1.165) is 38.5 Å². The first-order chi connectivity index (χ1) is 12.8. The zero-order chi connectivity index (χ0) is 17.5. The summed E-state index contributed by atoms with van der Waals surface area (Å²) in [6.45, 7) is 5.65. The number of hydrogen-bond donors (Lipinski definition) is 2. The van der Waals surface area contributed by atoms with Crippen molar-refractivity contribution >= 4 is 16.7 Å². The van der Waals surface area contributed by atoms with E-state index in [-0.39, 0.29) is 6.04 Å². The number of benzene rings is 1. The molecule has 0 radical (unpaired) electrons. The minimum absolute atomic E-state index is 0.160. The summed E-state index contributed by atoms with van der Waals surface area (Å²) in [4.78, 5) is 10.7. The summed E-state index contributed by atoms with van der Waals surface area (Å²) in [6.07, 6.45) is 3.07. The van der Waals surface area contributed by atoms with Crippen LogP contribution in [0.1, 0.15) is 29.8 Å². The van der Waals surface area contributed by atoms with Crippen molar-refractivity contribution in [1.29, 1.82) is 0 Å². The number of aromatic amines is 1. The highest BCUT2D eigenvalue weighted by atomic mass is 16.5. The summed E-state index contributed by atoms with van der Waals surface area (Å²) in [7, 11) is 0. The molecule has 3 aromatic rings. The molecule has 2 aliphatic rings. The SMILES string of the molecule is C[C@H]1Cc2c([nH]c3ccccc23)[C@H](c2ccc(N3CCOCC3)nc2)N1. The normalized spacial score (nSPS) is 23.2. The summed E-state index contributed by atoms with van der Waals surface area (Å²) >= 11 is 0. The van der Waals surface area contributed by atoms with Gasteiger partial charge in [-0.05, 0) is 36.6 Å². The Hall–Kier alpha value is -2.37. The van der Waals surface area contributed by atoms with Crippen LogP contribution >= 0.6 is 0 Å². The van der Waals surface area contributed by atoms with Gasteiger partial charge in [-0.15, -0.1) is 0 Å². The number of anilines is 1. The van der Waals surface area contributed by atoms with Crippen LogP contribution in [-0.2, 0) is 11.2 Å². The lowest BCUT2D eigenvalue weighted by molar-refractivity contribution is 0.122. The molecule has 1 aromatic carbocycles. The zero-order valence-electron chi connectivity index (χ0n) is 15.0. The molecule has 2 N–H and O–H groups in total. The van der Waals surface area contributed by atoms with E-state index >= 15 is 0 Å². The second-order valence-corrected chi connectivity index (χ2v) is 7.32. The van der Waals surface area contributed by atoms with E-state index in [2.05, 4.69) is 58.5 Å². The summed E-state index contributed by atoms with van der Waals surface area (Å²) in [6, 6.07) is 13.5. The van der Waals surface area contributed by atoms with Crippen molar-refractivity contribution in [2.75, 3.05) is 31.2 Å². The minimum Gasteiger partial charge on any atom is -0.378 e. The van der Waals surface area contributed by atoms with Crippen molar-refractivity contribution in [1.82, 2.24) is 15.3 Å². The van der Waals surface area contributed by atoms with Crippen LogP contribution in [0.3, 0.4) is 0 Å². The van der Waals surface area contributed by atoms with E-state index in [0.29, 0.717) is 6.04 Å². The van der Waals surface area contributed by atoms with Crippen molar-refractivity contribution in [3.8, 4) is 0 Å². The van der Waals surface area contributed by atoms with Gasteiger partial charge in [-0.2, -0.15) is 0 Å². The molecule has 4 heterocycles. The molecule has 0 unspecified atom stereocenters. The molecule has 2 aromatic heterocycles. The third-order valence-electron chi connectivity index (χ3n) is 5.54. The lowest BCUT2D eigenvalue weighted by Gasteiger charge is -2.31. The fourth-order valence-corrected chi connectivity index (χ4v) is 4.23. The van der Waals surface area contributed by atoms with Crippen LogP contribution in [0.4, 0.5) is 5.82 Å². The highest BCUT2D eigenvalue weighted by molar-refractivity contribution is 5.85. The van der Waals surface area contributed by atoms with Crippen LogP contribution in [0, 0.1) is 0 Å². The first-order valence-electron chi connectivity index (χ1n) is 9.44. The van der Waals surface area contributed by atoms with E-state index in [1.165, 1.54) is 27.7 Å². The molecule has 134 valence electrons. The number of aromatic nitrogens is 2. The first kappa shape index (κ1) is 15.9. The Bertz CT molecular complexity index is 911. The molecular weight excluding hydrogens is 324 g/mol. The molecule has 1 fully saturated rings. The van der Waals surface area contributed by atoms with Crippen molar-refractivity contribution in [2.45, 2.75) is 25.4 Å². The predicted molar refractivity (Wildman–Crippen MR) is 104 cm³/mol. The van der Waals surface area contributed by atoms with Gasteiger partial charge in [0, 0.05) is 41.9 Å². The van der Waals surface area contributed by atoms with Crippen LogP contribution in [0.2, 0.25) is 0 Å². The number of pyridine rings is 1. The molecule has 2 aliphatic heterocycles.